The van der Waals surface area contributed by atoms with Gasteiger partial charge in [0.15, 0.2) is 0 Å². The lowest BCUT2D eigenvalue weighted by Crippen LogP contribution is -1.42. The maximum atomic E-state index is 3.94. The zero-order chi connectivity index (χ0) is 4.28. The van der Waals surface area contributed by atoms with Gasteiger partial charge < -0.3 is 0 Å². The van der Waals surface area contributed by atoms with E-state index in [9.17, 15) is 0 Å². The third-order valence-corrected chi connectivity index (χ3v) is 4.56. The molecule has 0 fully saturated rings. The first-order chi connectivity index (χ1) is 2.27. The van der Waals surface area contributed by atoms with Gasteiger partial charge in [-0.05, 0) is 52.6 Å². The normalized spacial score (nSPS) is 8.60. The highest BCUT2D eigenvalue weighted by Crippen LogP contribution is 2.14. The van der Waals surface area contributed by atoms with Crippen molar-refractivity contribution in [2.45, 2.75) is 0 Å². The Bertz CT molecular complexity index is 47.6. The Kier molecular flexibility index (Phi) is 5.79. The van der Waals surface area contributed by atoms with E-state index in [1.807, 2.05) is 0 Å². The molecule has 0 aromatic carbocycles. The molecule has 0 nitrogen and oxygen atoms in total. The molecule has 5 heavy (non-hydrogen) atoms. The van der Waals surface area contributed by atoms with Crippen LogP contribution in [0.5, 0.6) is 0 Å². The first-order valence-corrected chi connectivity index (χ1v) is 5.01. The summed E-state index contributed by atoms with van der Waals surface area (Å²) < 4.78 is 1.28. The summed E-state index contributed by atoms with van der Waals surface area (Å²) in [5, 5.41) is 0. The molecule has 0 atom stereocenters. The maximum absolute atomic E-state index is 3.94. The van der Waals surface area contributed by atoms with Crippen LogP contribution in [0.4, 0.5) is 0 Å². The molecule has 0 N–H and O–H groups in total. The first-order valence-electron chi connectivity index (χ1n) is 0.802. The summed E-state index contributed by atoms with van der Waals surface area (Å²) in [6, 6.07) is 0. The second kappa shape index (κ2) is 4.15. The van der Waals surface area contributed by atoms with Crippen LogP contribution >= 0.6 is 64.8 Å². The van der Waals surface area contributed by atoms with E-state index in [1.165, 1.54) is 1.31 Å². The number of hydrogen-bond donors (Lipinski definition) is 1. The molecule has 0 aromatic heterocycles. The second-order valence-corrected chi connectivity index (χ2v) is 7.52. The van der Waals surface area contributed by atoms with Gasteiger partial charge in [0.05, 0.1) is 1.31 Å². The smallest absolute Gasteiger partial charge is 0.0846 e. The fourth-order valence-electron chi connectivity index (χ4n) is 0. The summed E-state index contributed by atoms with van der Waals surface area (Å²) >= 11 is 8.38. The van der Waals surface area contributed by atoms with Crippen LogP contribution in [0.15, 0.2) is 0 Å². The number of rotatable bonds is 0. The summed E-state index contributed by atoms with van der Waals surface area (Å²) in [6.45, 7) is 0. The Morgan fingerprint density at radius 1 is 1.60 bits per heavy atom. The van der Waals surface area contributed by atoms with Gasteiger partial charge in [-0.15, -0.1) is 12.2 Å². The largest absolute Gasteiger partial charge is 0.118 e. The van der Waals surface area contributed by atoms with Crippen molar-refractivity contribution in [1.29, 1.82) is 0 Å². The summed E-state index contributed by atoms with van der Waals surface area (Å²) in [6.07, 6.45) is 0. The van der Waals surface area contributed by atoms with Crippen LogP contribution in [0.3, 0.4) is 0 Å². The van der Waals surface area contributed by atoms with E-state index < -0.39 is 0 Å². The Labute approximate surface area is 65.3 Å². The van der Waals surface area contributed by atoms with Crippen molar-refractivity contribution in [3.63, 3.8) is 0 Å². The highest BCUT2D eigenvalue weighted by Gasteiger charge is 1.69. The van der Waals surface area contributed by atoms with Crippen molar-refractivity contribution < 1.29 is 0 Å². The highest BCUT2D eigenvalue weighted by molar-refractivity contribution is 14.2. The van der Waals surface area contributed by atoms with Crippen LogP contribution in [-0.4, -0.2) is 1.31 Å². The molecule has 0 amide bonds. The minimum absolute atomic E-state index is 1.08. The van der Waals surface area contributed by atoms with Crippen molar-refractivity contribution in [1.82, 2.24) is 0 Å². The molecule has 30 valence electrons. The molecule has 0 spiro atoms. The third kappa shape index (κ3) is 5.98. The summed E-state index contributed by atoms with van der Waals surface area (Å²) in [7, 11) is 1.08. The Morgan fingerprint density at radius 3 is 1.80 bits per heavy atom. The molecule has 0 aromatic rings. The molecule has 0 aliphatic carbocycles. The highest BCUT2D eigenvalue weighted by atomic mass is 127. The van der Waals surface area contributed by atoms with E-state index in [-0.39, 0.29) is 0 Å². The minimum Gasteiger partial charge on any atom is -0.118 e. The maximum Gasteiger partial charge on any atom is 0.0846 e. The lowest BCUT2D eigenvalue weighted by atomic mass is 12.0. The van der Waals surface area contributed by atoms with Gasteiger partial charge in [-0.2, -0.15) is 0 Å². The van der Waals surface area contributed by atoms with Crippen molar-refractivity contribution in [3.8, 4) is 0 Å². The van der Waals surface area contributed by atoms with E-state index in [4.69, 9.17) is 0 Å². The van der Waals surface area contributed by atoms with Gasteiger partial charge in [-0.25, -0.2) is 0 Å². The van der Waals surface area contributed by atoms with E-state index >= 15 is 0 Å². The molecule has 0 aliphatic rings. The van der Waals surface area contributed by atoms with Crippen molar-refractivity contribution in [3.05, 3.63) is 0 Å². The quantitative estimate of drug-likeness (QED) is 0.394. The van der Waals surface area contributed by atoms with Crippen LogP contribution < -0.4 is 0 Å². The standard InChI is InChI=1S/CHI2PS/c2-1(3)4-5/h5H. The topological polar surface area (TPSA) is 0 Å². The van der Waals surface area contributed by atoms with Gasteiger partial charge in [0.25, 0.3) is 0 Å². The van der Waals surface area contributed by atoms with Gasteiger partial charge in [0, 0.05) is 0 Å². The van der Waals surface area contributed by atoms with Crippen molar-refractivity contribution in [2.24, 2.45) is 0 Å². The zero-order valence-corrected chi connectivity index (χ0v) is 8.25. The minimum atomic E-state index is 1.08. The molecule has 0 rings (SSSR count). The van der Waals surface area contributed by atoms with Crippen LogP contribution in [-0.2, 0) is 0 Å². The lowest BCUT2D eigenvalue weighted by molar-refractivity contribution is 4.55. The molecule has 0 aliphatic heterocycles. The van der Waals surface area contributed by atoms with E-state index in [0.717, 1.165) is 7.41 Å². The zero-order valence-electron chi connectivity index (χ0n) is 2.15. The first kappa shape index (κ1) is 6.98. The number of thiol groups is 1. The van der Waals surface area contributed by atoms with Crippen molar-refractivity contribution in [2.75, 3.05) is 0 Å². The van der Waals surface area contributed by atoms with Gasteiger partial charge in [0.1, 0.15) is 0 Å². The van der Waals surface area contributed by atoms with Gasteiger partial charge in [-0.1, -0.05) is 0 Å². The molecule has 0 saturated carbocycles. The Morgan fingerprint density at radius 2 is 1.80 bits per heavy atom. The Hall–Kier alpha value is 1.98. The summed E-state index contributed by atoms with van der Waals surface area (Å²) in [5.74, 6) is 0. The molecule has 0 heterocycles. The van der Waals surface area contributed by atoms with Crippen LogP contribution in [0, 0.1) is 0 Å². The third-order valence-electron chi connectivity index (χ3n) is 0.0756. The molecule has 0 bridgehead atoms. The molecule has 0 saturated heterocycles. The Balaban J connectivity index is 3.14. The average molecular weight is 330 g/mol. The second-order valence-electron chi connectivity index (χ2n) is 0.340. The fraction of sp³-hybridized carbons (Fsp3) is 0. The van der Waals surface area contributed by atoms with Gasteiger partial charge >= 0.3 is 0 Å². The summed E-state index contributed by atoms with van der Waals surface area (Å²) in [4.78, 5) is 0. The summed E-state index contributed by atoms with van der Waals surface area (Å²) in [5.41, 5.74) is 0. The van der Waals surface area contributed by atoms with Gasteiger partial charge in [-0.3, -0.25) is 0 Å². The average Bonchev–Trinajstić information content (AvgIpc) is 1.38. The molecule has 0 radical (unpaired) electrons. The predicted octanol–water partition coefficient (Wildman–Crippen LogP) is 2.73. The van der Waals surface area contributed by atoms with Crippen molar-refractivity contribution >= 4 is 66.1 Å². The number of halogens is 2. The molecule has 4 heteroatoms. The molecular formula is CHI2PS. The van der Waals surface area contributed by atoms with Crippen LogP contribution in [0.1, 0.15) is 0 Å². The molecule has 0 unspecified atom stereocenters. The molecular weight excluding hydrogens is 329 g/mol. The number of hydrogen-bond acceptors (Lipinski definition) is 1. The van der Waals surface area contributed by atoms with E-state index in [1.54, 1.807) is 0 Å². The van der Waals surface area contributed by atoms with Crippen LogP contribution in [0.2, 0.25) is 0 Å². The van der Waals surface area contributed by atoms with E-state index in [0.29, 0.717) is 0 Å². The van der Waals surface area contributed by atoms with Crippen LogP contribution in [0.25, 0.3) is 0 Å². The van der Waals surface area contributed by atoms with Gasteiger partial charge in [0.2, 0.25) is 0 Å². The monoisotopic (exact) mass is 330 g/mol. The van der Waals surface area contributed by atoms with E-state index in [2.05, 4.69) is 57.4 Å². The predicted molar refractivity (Wildman–Crippen MR) is 49.0 cm³/mol. The SMILES string of the molecule is SP=C(I)I. The lowest BCUT2D eigenvalue weighted by Gasteiger charge is -1.65. The fourth-order valence-corrected chi connectivity index (χ4v) is 0.